The van der Waals surface area contributed by atoms with E-state index in [1.165, 1.54) is 18.4 Å². The number of hydrogen-bond donors (Lipinski definition) is 0. The number of piperidine rings is 1. The van der Waals surface area contributed by atoms with Crippen LogP contribution in [-0.2, 0) is 0 Å². The fourth-order valence-corrected chi connectivity index (χ4v) is 2.73. The summed E-state index contributed by atoms with van der Waals surface area (Å²) in [4.78, 5) is 2.48. The van der Waals surface area contributed by atoms with Crippen LogP contribution in [0.1, 0.15) is 37.8 Å². The monoisotopic (exact) mass is 228 g/mol. The lowest BCUT2D eigenvalue weighted by molar-refractivity contribution is 0.131. The van der Waals surface area contributed by atoms with Crippen LogP contribution in [-0.4, -0.2) is 18.0 Å². The van der Waals surface area contributed by atoms with Gasteiger partial charge in [-0.1, -0.05) is 37.3 Å². The lowest BCUT2D eigenvalue weighted by atomic mass is 9.95. The second-order valence-corrected chi connectivity index (χ2v) is 5.03. The van der Waals surface area contributed by atoms with Gasteiger partial charge in [0.1, 0.15) is 0 Å². The number of likely N-dealkylation sites (tertiary alicyclic amines) is 1. The highest BCUT2D eigenvalue weighted by Crippen LogP contribution is 2.28. The van der Waals surface area contributed by atoms with Crippen molar-refractivity contribution < 1.29 is 0 Å². The second-order valence-electron chi connectivity index (χ2n) is 5.03. The number of benzene rings is 1. The fourth-order valence-electron chi connectivity index (χ4n) is 2.73. The molecule has 2 nitrogen and oxygen atoms in total. The third-order valence-corrected chi connectivity index (χ3v) is 3.60. The molecule has 1 saturated heterocycles. The molecule has 1 aromatic rings. The van der Waals surface area contributed by atoms with E-state index in [4.69, 9.17) is 5.26 Å². The van der Waals surface area contributed by atoms with Gasteiger partial charge in [-0.15, -0.1) is 0 Å². The van der Waals surface area contributed by atoms with Crippen molar-refractivity contribution in [2.45, 2.75) is 32.2 Å². The van der Waals surface area contributed by atoms with Crippen molar-refractivity contribution in [2.24, 2.45) is 5.92 Å². The van der Waals surface area contributed by atoms with Crippen LogP contribution >= 0.6 is 0 Å². The summed E-state index contributed by atoms with van der Waals surface area (Å²) in [6, 6.07) is 13.1. The third kappa shape index (κ3) is 3.08. The Balaban J connectivity index is 2.14. The van der Waals surface area contributed by atoms with E-state index in [1.807, 2.05) is 6.07 Å². The highest BCUT2D eigenvalue weighted by molar-refractivity contribution is 5.20. The van der Waals surface area contributed by atoms with E-state index < -0.39 is 0 Å². The molecule has 2 unspecified atom stereocenters. The van der Waals surface area contributed by atoms with Crippen molar-refractivity contribution in [3.8, 4) is 6.07 Å². The van der Waals surface area contributed by atoms with E-state index in [2.05, 4.69) is 42.2 Å². The minimum absolute atomic E-state index is 0.281. The maximum Gasteiger partial charge on any atom is 0.0641 e. The van der Waals surface area contributed by atoms with Crippen LogP contribution in [0.15, 0.2) is 30.3 Å². The van der Waals surface area contributed by atoms with Gasteiger partial charge in [0.05, 0.1) is 12.5 Å². The van der Waals surface area contributed by atoms with E-state index in [1.54, 1.807) is 0 Å². The first-order valence-electron chi connectivity index (χ1n) is 6.47. The minimum Gasteiger partial charge on any atom is -0.295 e. The normalized spacial score (nSPS) is 22.9. The van der Waals surface area contributed by atoms with Gasteiger partial charge in [-0.2, -0.15) is 5.26 Å². The van der Waals surface area contributed by atoms with Crippen LogP contribution in [0.4, 0.5) is 0 Å². The molecule has 1 aliphatic rings. The van der Waals surface area contributed by atoms with Gasteiger partial charge < -0.3 is 0 Å². The predicted octanol–water partition coefficient (Wildman–Crippen LogP) is 3.37. The van der Waals surface area contributed by atoms with Gasteiger partial charge in [0.25, 0.3) is 0 Å². The van der Waals surface area contributed by atoms with E-state index in [9.17, 15) is 0 Å². The summed E-state index contributed by atoms with van der Waals surface area (Å²) in [5.74, 6) is 0.758. The average Bonchev–Trinajstić information content (AvgIpc) is 2.37. The van der Waals surface area contributed by atoms with Crippen LogP contribution in [0.5, 0.6) is 0 Å². The molecule has 1 heterocycles. The molecule has 2 heteroatoms. The van der Waals surface area contributed by atoms with Gasteiger partial charge in [0, 0.05) is 12.6 Å². The molecule has 0 amide bonds. The van der Waals surface area contributed by atoms with Crippen molar-refractivity contribution in [3.63, 3.8) is 0 Å². The van der Waals surface area contributed by atoms with Crippen molar-refractivity contribution in [2.75, 3.05) is 13.1 Å². The van der Waals surface area contributed by atoms with Crippen LogP contribution in [0.2, 0.25) is 0 Å². The Kier molecular flexibility index (Phi) is 4.17. The Bertz CT molecular complexity index is 380. The zero-order valence-corrected chi connectivity index (χ0v) is 10.5. The third-order valence-electron chi connectivity index (χ3n) is 3.60. The van der Waals surface area contributed by atoms with E-state index in [0.29, 0.717) is 6.42 Å². The largest absolute Gasteiger partial charge is 0.295 e. The number of nitrogens with zero attached hydrogens (tertiary/aromatic N) is 2. The second kappa shape index (κ2) is 5.84. The van der Waals surface area contributed by atoms with Crippen LogP contribution in [0.25, 0.3) is 0 Å². The first kappa shape index (κ1) is 12.1. The molecule has 0 saturated carbocycles. The maximum atomic E-state index is 9.02. The van der Waals surface area contributed by atoms with E-state index in [-0.39, 0.29) is 6.04 Å². The molecule has 0 radical (unpaired) electrons. The van der Waals surface area contributed by atoms with Gasteiger partial charge in [-0.05, 0) is 30.9 Å². The summed E-state index contributed by atoms with van der Waals surface area (Å²) in [5, 5.41) is 9.02. The number of hydrogen-bond acceptors (Lipinski definition) is 2. The molecule has 0 N–H and O–H groups in total. The topological polar surface area (TPSA) is 27.0 Å². The van der Waals surface area contributed by atoms with Crippen molar-refractivity contribution >= 4 is 0 Å². The Morgan fingerprint density at radius 2 is 2.18 bits per heavy atom. The smallest absolute Gasteiger partial charge is 0.0641 e. The van der Waals surface area contributed by atoms with E-state index in [0.717, 1.165) is 19.0 Å². The fraction of sp³-hybridized carbons (Fsp3) is 0.533. The molecule has 0 bridgehead atoms. The Labute approximate surface area is 104 Å². The van der Waals surface area contributed by atoms with Crippen LogP contribution in [0.3, 0.4) is 0 Å². The van der Waals surface area contributed by atoms with Gasteiger partial charge >= 0.3 is 0 Å². The average molecular weight is 228 g/mol. The summed E-state index contributed by atoms with van der Waals surface area (Å²) >= 11 is 0. The van der Waals surface area contributed by atoms with Crippen molar-refractivity contribution in [1.29, 1.82) is 5.26 Å². The van der Waals surface area contributed by atoms with Gasteiger partial charge in [0.15, 0.2) is 0 Å². The molecule has 1 aliphatic heterocycles. The van der Waals surface area contributed by atoms with Gasteiger partial charge in [-0.25, -0.2) is 0 Å². The van der Waals surface area contributed by atoms with E-state index >= 15 is 0 Å². The lowest BCUT2D eigenvalue weighted by Crippen LogP contribution is -2.37. The quantitative estimate of drug-likeness (QED) is 0.793. The first-order valence-corrected chi connectivity index (χ1v) is 6.47. The molecule has 1 fully saturated rings. The maximum absolute atomic E-state index is 9.02. The molecule has 0 aliphatic carbocycles. The number of nitriles is 1. The Morgan fingerprint density at radius 3 is 2.82 bits per heavy atom. The standard InChI is InChI=1S/C15H20N2/c1-13-6-5-11-17(12-13)15(9-10-16)14-7-3-2-4-8-14/h2-4,7-8,13,15H,5-6,9,11-12H2,1H3. The molecule has 0 aromatic heterocycles. The Hall–Kier alpha value is -1.33. The summed E-state index contributed by atoms with van der Waals surface area (Å²) in [6.07, 6.45) is 3.18. The highest BCUT2D eigenvalue weighted by Gasteiger charge is 2.24. The zero-order valence-electron chi connectivity index (χ0n) is 10.5. The molecule has 90 valence electrons. The molecule has 0 spiro atoms. The molecule has 17 heavy (non-hydrogen) atoms. The number of rotatable bonds is 3. The molecule has 1 aromatic carbocycles. The summed E-state index contributed by atoms with van der Waals surface area (Å²) in [7, 11) is 0. The zero-order chi connectivity index (χ0) is 12.1. The minimum atomic E-state index is 0.281. The molecule has 2 atom stereocenters. The summed E-state index contributed by atoms with van der Waals surface area (Å²) < 4.78 is 0. The summed E-state index contributed by atoms with van der Waals surface area (Å²) in [5.41, 5.74) is 1.28. The van der Waals surface area contributed by atoms with Crippen molar-refractivity contribution in [1.82, 2.24) is 4.90 Å². The SMILES string of the molecule is CC1CCCN(C(CC#N)c2ccccc2)C1. The van der Waals surface area contributed by atoms with Gasteiger partial charge in [0.2, 0.25) is 0 Å². The lowest BCUT2D eigenvalue weighted by Gasteiger charge is -2.36. The van der Waals surface area contributed by atoms with Crippen LogP contribution < -0.4 is 0 Å². The molecular weight excluding hydrogens is 208 g/mol. The first-order chi connectivity index (χ1) is 8.31. The van der Waals surface area contributed by atoms with Crippen molar-refractivity contribution in [3.05, 3.63) is 35.9 Å². The van der Waals surface area contributed by atoms with Gasteiger partial charge in [-0.3, -0.25) is 4.90 Å². The predicted molar refractivity (Wildman–Crippen MR) is 69.4 cm³/mol. The Morgan fingerprint density at radius 1 is 1.41 bits per heavy atom. The van der Waals surface area contributed by atoms with Crippen LogP contribution in [0, 0.1) is 17.2 Å². The molecule has 2 rings (SSSR count). The summed E-state index contributed by atoms with van der Waals surface area (Å²) in [6.45, 7) is 4.56. The molecular formula is C15H20N2. The highest BCUT2D eigenvalue weighted by atomic mass is 15.2.